The summed E-state index contributed by atoms with van der Waals surface area (Å²) in [6.45, 7) is 39.1. The molecule has 0 rings (SSSR count). The van der Waals surface area contributed by atoms with Crippen molar-refractivity contribution in [2.24, 2.45) is 0 Å². The molecule has 0 aliphatic heterocycles. The molecule has 0 heterocycles. The van der Waals surface area contributed by atoms with Gasteiger partial charge in [0.2, 0.25) is 0 Å². The molecule has 0 aromatic rings. The third-order valence-electron chi connectivity index (χ3n) is 3.25. The number of nitrogens with one attached hydrogen (secondary N) is 1. The quantitative estimate of drug-likeness (QED) is 0.176. The zero-order valence-electron chi connectivity index (χ0n) is 28.7. The van der Waals surface area contributed by atoms with Crippen LogP contribution in [0.2, 0.25) is 19.6 Å². The van der Waals surface area contributed by atoms with E-state index < -0.39 is 7.38 Å². The van der Waals surface area contributed by atoms with Crippen molar-refractivity contribution in [3.63, 3.8) is 0 Å². The van der Waals surface area contributed by atoms with Gasteiger partial charge in [0.05, 0.1) is 0 Å². The number of halogens is 2. The SMILES string of the molecule is BN(C(C)C)C(C)C.C.C.C[Si](C)(C)Cl.O.[BH3-]N(C(C)C)C(C)C.[BH3-][NH+](C(C)C)C(C)C.[CH2-]CCC.[Cl-].[HH].[Li+].[Li+].[Li+]. The van der Waals surface area contributed by atoms with Gasteiger partial charge in [0.1, 0.15) is 7.38 Å². The Kier molecular flexibility index (Phi) is 95.5. The molecule has 4 nitrogen and oxygen atoms in total. The van der Waals surface area contributed by atoms with E-state index in [0.29, 0.717) is 28.0 Å². The van der Waals surface area contributed by atoms with E-state index in [1.165, 1.54) is 6.42 Å². The van der Waals surface area contributed by atoms with Crippen LogP contribution in [0.25, 0.3) is 0 Å². The normalized spacial score (nSPS) is 9.43. The van der Waals surface area contributed by atoms with E-state index in [4.69, 9.17) is 11.1 Å². The van der Waals surface area contributed by atoms with Crippen LogP contribution in [0.1, 0.15) is 119 Å². The summed E-state index contributed by atoms with van der Waals surface area (Å²) in [5, 5.41) is 0. The second-order valence-electron chi connectivity index (χ2n) is 10.6. The van der Waals surface area contributed by atoms with Gasteiger partial charge >= 0.3 is 56.6 Å². The third-order valence-corrected chi connectivity index (χ3v) is 3.25. The summed E-state index contributed by atoms with van der Waals surface area (Å²) in [7, 11) is 1.94. The summed E-state index contributed by atoms with van der Waals surface area (Å²) < 4.78 is 0. The minimum Gasteiger partial charge on any atom is -1.00 e. The molecular formula is C27H81B3Cl2Li3N3OSi. The van der Waals surface area contributed by atoms with E-state index in [1.54, 1.807) is 0 Å². The van der Waals surface area contributed by atoms with Crippen LogP contribution in [0.5, 0.6) is 0 Å². The molecule has 0 radical (unpaired) electrons. The maximum Gasteiger partial charge on any atom is 1.00 e. The van der Waals surface area contributed by atoms with Crippen molar-refractivity contribution in [2.45, 2.75) is 174 Å². The first-order valence-corrected chi connectivity index (χ1v) is 16.9. The van der Waals surface area contributed by atoms with Gasteiger partial charge in [0.15, 0.2) is 16.0 Å². The molecule has 0 aliphatic rings. The molecule has 0 bridgehead atoms. The van der Waals surface area contributed by atoms with E-state index >= 15 is 0 Å². The standard InChI is InChI=1S/C6H18BN.C6H17BN.C6H16BN.C4H9.C3H9ClSi.2CH4.ClH.3Li.H2O.H2/c3*1-5(2)8(7)6(3)4;1-3-4-2;1-5(2,3)4;;;;;;;;/h5-6,8H,1-4,7H3;5-6H,1-4,7H3;5-6H,7H2,1-4H3;1,3-4H2,2H3;1-3H3;2*1H4;1H;;;;1H2;1H/q;-1;;-1;;;;;3*+1;;/p-1. The molecule has 0 fully saturated rings. The van der Waals surface area contributed by atoms with Gasteiger partial charge < -0.3 is 39.2 Å². The topological polar surface area (TPSA) is 42.4 Å². The molecule has 0 amide bonds. The maximum atomic E-state index is 5.67. The molecular weight excluding hydrogens is 535 g/mol. The second-order valence-corrected chi connectivity index (χ2v) is 18.1. The number of unbranched alkanes of at least 4 members (excludes halogenated alkanes) is 1. The molecule has 3 N–H and O–H groups in total. The van der Waals surface area contributed by atoms with Gasteiger partial charge in [-0.3, -0.25) is 0 Å². The van der Waals surface area contributed by atoms with Gasteiger partial charge in [-0.15, -0.1) is 0 Å². The van der Waals surface area contributed by atoms with Crippen LogP contribution in [-0.4, -0.2) is 82.7 Å². The van der Waals surface area contributed by atoms with E-state index in [2.05, 4.69) is 134 Å². The van der Waals surface area contributed by atoms with Crippen molar-refractivity contribution < 1.29 is 80.7 Å². The minimum absolute atomic E-state index is 0. The van der Waals surface area contributed by atoms with E-state index in [9.17, 15) is 0 Å². The zero-order valence-corrected chi connectivity index (χ0v) is 31.2. The Morgan fingerprint density at radius 1 is 0.775 bits per heavy atom. The van der Waals surface area contributed by atoms with E-state index in [-0.39, 0.29) is 90.7 Å². The Morgan fingerprint density at radius 2 is 0.950 bits per heavy atom. The molecule has 0 saturated carbocycles. The van der Waals surface area contributed by atoms with Crippen LogP contribution in [0, 0.1) is 6.92 Å². The molecule has 13 heteroatoms. The van der Waals surface area contributed by atoms with Crippen molar-refractivity contribution in [2.75, 3.05) is 0 Å². The molecule has 0 saturated heterocycles. The largest absolute Gasteiger partial charge is 1.00 e. The number of nitrogens with zero attached hydrogens (tertiary/aromatic N) is 2. The smallest absolute Gasteiger partial charge is 1.00 e. The van der Waals surface area contributed by atoms with Gasteiger partial charge in [-0.25, -0.2) is 0 Å². The average Bonchev–Trinajstić information content (AvgIpc) is 2.65. The van der Waals surface area contributed by atoms with Crippen LogP contribution < -0.4 is 73.8 Å². The predicted octanol–water partition coefficient (Wildman–Crippen LogP) is -7.60. The van der Waals surface area contributed by atoms with Gasteiger partial charge in [-0.05, 0) is 51.9 Å². The first kappa shape index (κ1) is 78.7. The summed E-state index contributed by atoms with van der Waals surface area (Å²) in [5.74, 6) is 0. The Hall–Kier alpha value is 2.62. The monoisotopic (exact) mass is 616 g/mol. The summed E-state index contributed by atoms with van der Waals surface area (Å²) in [4.78, 5) is 6.77. The summed E-state index contributed by atoms with van der Waals surface area (Å²) in [5.41, 5.74) is 0. The van der Waals surface area contributed by atoms with Gasteiger partial charge in [-0.2, -0.15) is 17.5 Å². The van der Waals surface area contributed by atoms with Crippen molar-refractivity contribution in [1.29, 1.82) is 0 Å². The molecule has 0 aromatic heterocycles. The molecule has 40 heavy (non-hydrogen) atoms. The van der Waals surface area contributed by atoms with Crippen LogP contribution in [0.3, 0.4) is 0 Å². The van der Waals surface area contributed by atoms with Gasteiger partial charge in [0.25, 0.3) is 0 Å². The fourth-order valence-electron chi connectivity index (χ4n) is 1.86. The van der Waals surface area contributed by atoms with Crippen LogP contribution in [-0.2, 0) is 0 Å². The van der Waals surface area contributed by atoms with Crippen molar-refractivity contribution in [1.82, 2.24) is 9.62 Å². The third kappa shape index (κ3) is 83.6. The Labute approximate surface area is 310 Å². The fourth-order valence-corrected chi connectivity index (χ4v) is 1.86. The minimum atomic E-state index is -1.14. The van der Waals surface area contributed by atoms with Crippen LogP contribution in [0.4, 0.5) is 0 Å². The Balaban J connectivity index is -0.0000000211. The van der Waals surface area contributed by atoms with Crippen molar-refractivity contribution >= 4 is 42.4 Å². The average molecular weight is 616 g/mol. The van der Waals surface area contributed by atoms with E-state index in [0.717, 1.165) is 30.6 Å². The van der Waals surface area contributed by atoms with Crippen molar-refractivity contribution in [3.8, 4) is 0 Å². The molecule has 0 spiro atoms. The number of quaternary nitrogens is 1. The summed E-state index contributed by atoms with van der Waals surface area (Å²) in [6.07, 6.45) is 2.28. The molecule has 0 aromatic carbocycles. The fraction of sp³-hybridized carbons (Fsp3) is 0.963. The number of rotatable bonds is 7. The first-order valence-electron chi connectivity index (χ1n) is 12.4. The molecule has 0 atom stereocenters. The van der Waals surface area contributed by atoms with Gasteiger partial charge in [0, 0.05) is 21.5 Å². The predicted molar refractivity (Wildman–Crippen MR) is 193 cm³/mol. The second kappa shape index (κ2) is 48.5. The summed E-state index contributed by atoms with van der Waals surface area (Å²) in [6, 6.07) is 4.67. The Bertz CT molecular complexity index is 338. The number of hydrogen-bond donors (Lipinski definition) is 1. The van der Waals surface area contributed by atoms with Crippen LogP contribution >= 0.6 is 11.1 Å². The zero-order chi connectivity index (χ0) is 28.1. The van der Waals surface area contributed by atoms with E-state index in [1.807, 2.05) is 4.81 Å². The molecule has 240 valence electrons. The van der Waals surface area contributed by atoms with Crippen molar-refractivity contribution in [3.05, 3.63) is 6.92 Å². The summed E-state index contributed by atoms with van der Waals surface area (Å²) >= 11 is 5.67. The number of hydrogen-bond acceptors (Lipinski definition) is 2. The molecule has 0 aliphatic carbocycles. The Morgan fingerprint density at radius 3 is 0.950 bits per heavy atom. The first-order chi connectivity index (χ1) is 14.6. The molecule has 0 unspecified atom stereocenters. The van der Waals surface area contributed by atoms with Crippen LogP contribution in [0.15, 0.2) is 0 Å². The van der Waals surface area contributed by atoms with Gasteiger partial charge in [-0.1, -0.05) is 103 Å². The maximum absolute atomic E-state index is 5.67.